The molecule has 110 valence electrons. The molecule has 20 heavy (non-hydrogen) atoms. The topological polar surface area (TPSA) is 29.5 Å². The Balaban J connectivity index is 2.09. The van der Waals surface area contributed by atoms with Crippen molar-refractivity contribution in [1.82, 2.24) is 4.90 Å². The first-order valence-electron chi connectivity index (χ1n) is 7.40. The average Bonchev–Trinajstić information content (AvgIpc) is 2.36. The summed E-state index contributed by atoms with van der Waals surface area (Å²) in [6.07, 6.45) is 0.480. The van der Waals surface area contributed by atoms with Crippen LogP contribution >= 0.6 is 0 Å². The molecule has 0 N–H and O–H groups in total. The molecule has 3 atom stereocenters. The van der Waals surface area contributed by atoms with Gasteiger partial charge < -0.3 is 4.74 Å². The maximum atomic E-state index is 12.0. The lowest BCUT2D eigenvalue weighted by molar-refractivity contribution is -0.120. The minimum Gasteiger partial charge on any atom is -0.373 e. The third-order valence-electron chi connectivity index (χ3n) is 3.91. The molecule has 0 radical (unpaired) electrons. The Morgan fingerprint density at radius 3 is 2.30 bits per heavy atom. The van der Waals surface area contributed by atoms with Crippen LogP contribution in [0.3, 0.4) is 0 Å². The zero-order valence-corrected chi connectivity index (χ0v) is 12.9. The summed E-state index contributed by atoms with van der Waals surface area (Å²) in [5, 5.41) is 0. The number of hydrogen-bond donors (Lipinski definition) is 0. The molecule has 2 rings (SSSR count). The first-order chi connectivity index (χ1) is 9.45. The minimum atomic E-state index is -0.0342. The Morgan fingerprint density at radius 1 is 1.25 bits per heavy atom. The van der Waals surface area contributed by atoms with Gasteiger partial charge in [0.2, 0.25) is 0 Å². The van der Waals surface area contributed by atoms with Crippen molar-refractivity contribution < 1.29 is 9.53 Å². The number of carbonyl (C=O) groups excluding carboxylic acids is 1. The quantitative estimate of drug-likeness (QED) is 0.846. The lowest BCUT2D eigenvalue weighted by Crippen LogP contribution is -2.47. The van der Waals surface area contributed by atoms with Gasteiger partial charge in [-0.1, -0.05) is 29.8 Å². The van der Waals surface area contributed by atoms with E-state index in [9.17, 15) is 4.79 Å². The molecular formula is C17H25NO2. The summed E-state index contributed by atoms with van der Waals surface area (Å²) in [5.74, 6) is 0.203. The van der Waals surface area contributed by atoms with Crippen LogP contribution in [-0.4, -0.2) is 42.5 Å². The third-order valence-corrected chi connectivity index (χ3v) is 3.91. The predicted molar refractivity (Wildman–Crippen MR) is 81.1 cm³/mol. The van der Waals surface area contributed by atoms with Crippen molar-refractivity contribution in [3.05, 3.63) is 35.4 Å². The molecule has 3 heteroatoms. The van der Waals surface area contributed by atoms with E-state index >= 15 is 0 Å². The first kappa shape index (κ1) is 15.2. The second-order valence-electron chi connectivity index (χ2n) is 6.05. The van der Waals surface area contributed by atoms with Gasteiger partial charge in [-0.05, 0) is 33.3 Å². The summed E-state index contributed by atoms with van der Waals surface area (Å²) >= 11 is 0. The van der Waals surface area contributed by atoms with Gasteiger partial charge in [0, 0.05) is 19.6 Å². The monoisotopic (exact) mass is 275 g/mol. The normalized spacial score (nSPS) is 25.4. The van der Waals surface area contributed by atoms with Gasteiger partial charge in [-0.25, -0.2) is 0 Å². The van der Waals surface area contributed by atoms with E-state index in [1.165, 1.54) is 5.56 Å². The van der Waals surface area contributed by atoms with E-state index in [-0.39, 0.29) is 23.9 Å². The van der Waals surface area contributed by atoms with E-state index in [1.54, 1.807) is 6.92 Å². The highest BCUT2D eigenvalue weighted by Crippen LogP contribution is 2.21. The molecule has 0 aliphatic carbocycles. The van der Waals surface area contributed by atoms with Crippen LogP contribution in [0, 0.1) is 6.92 Å². The Morgan fingerprint density at radius 2 is 1.80 bits per heavy atom. The fourth-order valence-electron chi connectivity index (χ4n) is 2.96. The van der Waals surface area contributed by atoms with Gasteiger partial charge in [0.1, 0.15) is 5.78 Å². The van der Waals surface area contributed by atoms with Gasteiger partial charge in [0.25, 0.3) is 0 Å². The molecule has 0 saturated carbocycles. The van der Waals surface area contributed by atoms with Crippen molar-refractivity contribution in [2.75, 3.05) is 19.6 Å². The van der Waals surface area contributed by atoms with Gasteiger partial charge in [-0.2, -0.15) is 0 Å². The average molecular weight is 275 g/mol. The summed E-state index contributed by atoms with van der Waals surface area (Å²) in [7, 11) is 0. The van der Waals surface area contributed by atoms with Gasteiger partial charge in [0.15, 0.2) is 0 Å². The molecule has 1 aromatic rings. The van der Waals surface area contributed by atoms with E-state index in [2.05, 4.69) is 49.9 Å². The second kappa shape index (κ2) is 6.51. The first-order valence-corrected chi connectivity index (χ1v) is 7.40. The minimum absolute atomic E-state index is 0.0342. The van der Waals surface area contributed by atoms with E-state index in [4.69, 9.17) is 4.74 Å². The summed E-state index contributed by atoms with van der Waals surface area (Å²) in [6, 6.07) is 8.31. The molecule has 0 bridgehead atoms. The lowest BCUT2D eigenvalue weighted by Gasteiger charge is -2.36. The van der Waals surface area contributed by atoms with E-state index in [1.807, 2.05) is 0 Å². The lowest BCUT2D eigenvalue weighted by atomic mass is 9.93. The Bertz CT molecular complexity index is 445. The number of benzene rings is 1. The van der Waals surface area contributed by atoms with Crippen LogP contribution in [0.25, 0.3) is 0 Å². The molecule has 0 amide bonds. The molecule has 1 aliphatic heterocycles. The van der Waals surface area contributed by atoms with Crippen molar-refractivity contribution in [2.24, 2.45) is 0 Å². The van der Waals surface area contributed by atoms with Crippen LogP contribution in [0.5, 0.6) is 0 Å². The molecule has 0 spiro atoms. The van der Waals surface area contributed by atoms with Crippen LogP contribution in [0.1, 0.15) is 37.8 Å². The van der Waals surface area contributed by atoms with Crippen molar-refractivity contribution in [3.63, 3.8) is 0 Å². The molecule has 3 nitrogen and oxygen atoms in total. The number of nitrogens with zero attached hydrogens (tertiary/aromatic N) is 1. The van der Waals surface area contributed by atoms with Crippen molar-refractivity contribution in [3.8, 4) is 0 Å². The van der Waals surface area contributed by atoms with Crippen LogP contribution in [0.15, 0.2) is 24.3 Å². The van der Waals surface area contributed by atoms with Crippen LogP contribution < -0.4 is 0 Å². The van der Waals surface area contributed by atoms with E-state index in [0.717, 1.165) is 25.2 Å². The molecule has 0 aromatic heterocycles. The standard InChI is InChI=1S/C17H25NO2/c1-12-5-7-16(8-6-12)17(15(4)19)11-18-9-13(2)20-14(3)10-18/h5-8,13-14,17H,9-11H2,1-4H3/t13-,14+,17-/m1/s1. The van der Waals surface area contributed by atoms with Gasteiger partial charge in [-0.3, -0.25) is 9.69 Å². The zero-order valence-electron chi connectivity index (χ0n) is 12.9. The number of carbonyl (C=O) groups is 1. The predicted octanol–water partition coefficient (Wildman–Crippen LogP) is 2.78. The number of aryl methyl sites for hydroxylation is 1. The Hall–Kier alpha value is -1.19. The second-order valence-corrected chi connectivity index (χ2v) is 6.05. The van der Waals surface area contributed by atoms with Crippen molar-refractivity contribution >= 4 is 5.78 Å². The highest BCUT2D eigenvalue weighted by Gasteiger charge is 2.26. The van der Waals surface area contributed by atoms with Gasteiger partial charge >= 0.3 is 0 Å². The molecule has 1 aliphatic rings. The molecular weight excluding hydrogens is 250 g/mol. The summed E-state index contributed by atoms with van der Waals surface area (Å²) in [6.45, 7) is 10.5. The smallest absolute Gasteiger partial charge is 0.138 e. The van der Waals surface area contributed by atoms with Gasteiger partial charge in [-0.15, -0.1) is 0 Å². The van der Waals surface area contributed by atoms with E-state index < -0.39 is 0 Å². The highest BCUT2D eigenvalue weighted by atomic mass is 16.5. The summed E-state index contributed by atoms with van der Waals surface area (Å²) < 4.78 is 5.75. The molecule has 0 unspecified atom stereocenters. The third kappa shape index (κ3) is 3.90. The zero-order chi connectivity index (χ0) is 14.7. The fourth-order valence-corrected chi connectivity index (χ4v) is 2.96. The Labute approximate surface area is 121 Å². The summed E-state index contributed by atoms with van der Waals surface area (Å²) in [5.41, 5.74) is 2.35. The molecule has 1 fully saturated rings. The number of morpholine rings is 1. The highest BCUT2D eigenvalue weighted by molar-refractivity contribution is 5.83. The number of hydrogen-bond acceptors (Lipinski definition) is 3. The van der Waals surface area contributed by atoms with Crippen LogP contribution in [-0.2, 0) is 9.53 Å². The van der Waals surface area contributed by atoms with Crippen molar-refractivity contribution in [2.45, 2.75) is 45.8 Å². The molecule has 1 heterocycles. The number of ketones is 1. The summed E-state index contributed by atoms with van der Waals surface area (Å²) in [4.78, 5) is 14.4. The number of rotatable bonds is 4. The maximum absolute atomic E-state index is 12.0. The molecule has 1 aromatic carbocycles. The number of Topliss-reactive ketones (excluding diaryl/α,β-unsaturated/α-hetero) is 1. The fraction of sp³-hybridized carbons (Fsp3) is 0.588. The molecule has 1 saturated heterocycles. The van der Waals surface area contributed by atoms with Crippen LogP contribution in [0.2, 0.25) is 0 Å². The number of ether oxygens (including phenoxy) is 1. The van der Waals surface area contributed by atoms with Crippen molar-refractivity contribution in [1.29, 1.82) is 0 Å². The van der Waals surface area contributed by atoms with Crippen LogP contribution in [0.4, 0.5) is 0 Å². The van der Waals surface area contributed by atoms with Gasteiger partial charge in [0.05, 0.1) is 18.1 Å². The SMILES string of the molecule is CC(=O)[C@@H](CN1C[C@@H](C)O[C@@H](C)C1)c1ccc(C)cc1. The maximum Gasteiger partial charge on any atom is 0.138 e. The van der Waals surface area contributed by atoms with E-state index in [0.29, 0.717) is 0 Å². The Kier molecular flexibility index (Phi) is 4.95. The largest absolute Gasteiger partial charge is 0.373 e.